The maximum absolute atomic E-state index is 12.1. The Morgan fingerprint density at radius 3 is 2.30 bits per heavy atom. The van der Waals surface area contributed by atoms with E-state index in [1.54, 1.807) is 0 Å². The molecule has 106 valence electrons. The summed E-state index contributed by atoms with van der Waals surface area (Å²) in [5, 5.41) is 0. The summed E-state index contributed by atoms with van der Waals surface area (Å²) >= 11 is 0. The minimum atomic E-state index is -0.521. The Kier molecular flexibility index (Phi) is 3.66. The highest BCUT2D eigenvalue weighted by Gasteiger charge is 2.22. The van der Waals surface area contributed by atoms with Crippen LogP contribution in [0.15, 0.2) is 24.3 Å². The number of H-pyrrole nitrogens is 1. The molecule has 2 aromatic rings. The van der Waals surface area contributed by atoms with E-state index in [2.05, 4.69) is 9.97 Å². The van der Waals surface area contributed by atoms with Crippen molar-refractivity contribution in [2.45, 2.75) is 40.2 Å². The minimum absolute atomic E-state index is 0.343. The summed E-state index contributed by atoms with van der Waals surface area (Å²) in [5.41, 5.74) is 2.68. The Morgan fingerprint density at radius 2 is 1.75 bits per heavy atom. The third-order valence-electron chi connectivity index (χ3n) is 2.80. The van der Waals surface area contributed by atoms with Crippen LogP contribution in [0.2, 0.25) is 0 Å². The maximum atomic E-state index is 12.1. The molecule has 1 aromatic carbocycles. The number of esters is 1. The van der Waals surface area contributed by atoms with Gasteiger partial charge in [-0.05, 0) is 34.6 Å². The molecular formula is C16H20N2O2. The zero-order valence-electron chi connectivity index (χ0n) is 12.6. The van der Waals surface area contributed by atoms with Gasteiger partial charge < -0.3 is 9.72 Å². The van der Waals surface area contributed by atoms with Gasteiger partial charge in [0.05, 0.1) is 0 Å². The standard InChI is InChI=1S/C16H20N2O2/c1-10-6-8-12(9-7-10)14-17-11(2)13(18-14)15(19)20-16(3,4)5/h6-9H,1-5H3,(H,17,18). The number of nitrogens with zero attached hydrogens (tertiary/aromatic N) is 1. The molecule has 1 aromatic heterocycles. The molecule has 2 rings (SSSR count). The molecule has 20 heavy (non-hydrogen) atoms. The topological polar surface area (TPSA) is 55.0 Å². The smallest absolute Gasteiger partial charge is 0.359 e. The summed E-state index contributed by atoms with van der Waals surface area (Å²) in [4.78, 5) is 19.6. The van der Waals surface area contributed by atoms with Crippen molar-refractivity contribution in [3.05, 3.63) is 41.2 Å². The Morgan fingerprint density at radius 1 is 1.15 bits per heavy atom. The van der Waals surface area contributed by atoms with Crippen molar-refractivity contribution in [1.29, 1.82) is 0 Å². The zero-order valence-corrected chi connectivity index (χ0v) is 12.6. The summed E-state index contributed by atoms with van der Waals surface area (Å²) in [7, 11) is 0. The van der Waals surface area contributed by atoms with E-state index in [-0.39, 0.29) is 0 Å². The minimum Gasteiger partial charge on any atom is -0.455 e. The second-order valence-electron chi connectivity index (χ2n) is 5.93. The molecular weight excluding hydrogens is 252 g/mol. The van der Waals surface area contributed by atoms with Crippen LogP contribution in [0.25, 0.3) is 11.4 Å². The number of aryl methyl sites for hydroxylation is 2. The van der Waals surface area contributed by atoms with Gasteiger partial charge in [-0.15, -0.1) is 0 Å². The molecule has 0 radical (unpaired) electrons. The number of imidazole rings is 1. The molecule has 0 amide bonds. The van der Waals surface area contributed by atoms with Gasteiger partial charge >= 0.3 is 5.97 Å². The summed E-state index contributed by atoms with van der Waals surface area (Å²) in [6, 6.07) is 7.99. The number of carbonyl (C=O) groups is 1. The van der Waals surface area contributed by atoms with Crippen molar-refractivity contribution in [3.8, 4) is 11.4 Å². The van der Waals surface area contributed by atoms with Crippen molar-refractivity contribution in [3.63, 3.8) is 0 Å². The lowest BCUT2D eigenvalue weighted by Gasteiger charge is -2.18. The monoisotopic (exact) mass is 272 g/mol. The van der Waals surface area contributed by atoms with Crippen LogP contribution in [0.1, 0.15) is 42.5 Å². The van der Waals surface area contributed by atoms with Crippen LogP contribution in [-0.4, -0.2) is 21.5 Å². The van der Waals surface area contributed by atoms with Gasteiger partial charge in [-0.1, -0.05) is 29.8 Å². The molecule has 4 nitrogen and oxygen atoms in total. The van der Waals surface area contributed by atoms with Gasteiger partial charge in [0.2, 0.25) is 0 Å². The first-order chi connectivity index (χ1) is 9.26. The lowest BCUT2D eigenvalue weighted by Crippen LogP contribution is -2.24. The first kappa shape index (κ1) is 14.3. The third-order valence-corrected chi connectivity index (χ3v) is 2.80. The van der Waals surface area contributed by atoms with Gasteiger partial charge in [0.1, 0.15) is 11.4 Å². The molecule has 0 saturated carbocycles. The number of aromatic nitrogens is 2. The number of aromatic amines is 1. The average Bonchev–Trinajstić information content (AvgIpc) is 2.70. The van der Waals surface area contributed by atoms with Crippen LogP contribution in [0.4, 0.5) is 0 Å². The Bertz CT molecular complexity index is 619. The fraction of sp³-hybridized carbons (Fsp3) is 0.375. The van der Waals surface area contributed by atoms with Crippen LogP contribution >= 0.6 is 0 Å². The first-order valence-electron chi connectivity index (χ1n) is 6.63. The summed E-state index contributed by atoms with van der Waals surface area (Å²) in [5.74, 6) is 0.285. The molecule has 0 saturated heterocycles. The van der Waals surface area contributed by atoms with E-state index in [1.807, 2.05) is 58.9 Å². The maximum Gasteiger partial charge on any atom is 0.359 e. The largest absolute Gasteiger partial charge is 0.455 e. The fourth-order valence-corrected chi connectivity index (χ4v) is 1.83. The highest BCUT2D eigenvalue weighted by atomic mass is 16.6. The zero-order chi connectivity index (χ0) is 14.9. The van der Waals surface area contributed by atoms with Crippen molar-refractivity contribution >= 4 is 5.97 Å². The number of carbonyl (C=O) groups excluding carboxylic acids is 1. The quantitative estimate of drug-likeness (QED) is 0.849. The van der Waals surface area contributed by atoms with Gasteiger partial charge in [-0.3, -0.25) is 0 Å². The number of benzene rings is 1. The van der Waals surface area contributed by atoms with Gasteiger partial charge in [-0.2, -0.15) is 0 Å². The van der Waals surface area contributed by atoms with Crippen LogP contribution < -0.4 is 0 Å². The fourth-order valence-electron chi connectivity index (χ4n) is 1.83. The second kappa shape index (κ2) is 5.12. The predicted octanol–water partition coefficient (Wildman–Crippen LogP) is 3.65. The van der Waals surface area contributed by atoms with Crippen LogP contribution in [0.3, 0.4) is 0 Å². The molecule has 0 aliphatic rings. The van der Waals surface area contributed by atoms with Crippen molar-refractivity contribution in [2.24, 2.45) is 0 Å². The molecule has 4 heteroatoms. The van der Waals surface area contributed by atoms with Gasteiger partial charge in [-0.25, -0.2) is 9.78 Å². The van der Waals surface area contributed by atoms with Gasteiger partial charge in [0.25, 0.3) is 0 Å². The lowest BCUT2D eigenvalue weighted by molar-refractivity contribution is 0.00627. The Labute approximate surface area is 119 Å². The highest BCUT2D eigenvalue weighted by Crippen LogP contribution is 2.20. The number of hydrogen-bond donors (Lipinski definition) is 1. The Hall–Kier alpha value is -2.10. The molecule has 0 spiro atoms. The second-order valence-corrected chi connectivity index (χ2v) is 5.93. The van der Waals surface area contributed by atoms with E-state index < -0.39 is 11.6 Å². The lowest BCUT2D eigenvalue weighted by atomic mass is 10.1. The third kappa shape index (κ3) is 3.26. The molecule has 0 atom stereocenters. The normalized spacial score (nSPS) is 11.4. The van der Waals surface area contributed by atoms with E-state index >= 15 is 0 Å². The molecule has 0 bridgehead atoms. The van der Waals surface area contributed by atoms with Gasteiger partial charge in [0, 0.05) is 11.3 Å². The van der Waals surface area contributed by atoms with E-state index in [1.165, 1.54) is 5.56 Å². The van der Waals surface area contributed by atoms with E-state index in [4.69, 9.17) is 4.74 Å². The molecule has 1 heterocycles. The molecule has 0 unspecified atom stereocenters. The molecule has 1 N–H and O–H groups in total. The summed E-state index contributed by atoms with van der Waals surface area (Å²) < 4.78 is 5.35. The van der Waals surface area contributed by atoms with Crippen LogP contribution in [0, 0.1) is 13.8 Å². The average molecular weight is 272 g/mol. The summed E-state index contributed by atoms with van der Waals surface area (Å²) in [6.07, 6.45) is 0. The van der Waals surface area contributed by atoms with E-state index in [0.717, 1.165) is 11.3 Å². The van der Waals surface area contributed by atoms with Crippen LogP contribution in [-0.2, 0) is 4.74 Å². The van der Waals surface area contributed by atoms with Crippen molar-refractivity contribution < 1.29 is 9.53 Å². The number of hydrogen-bond acceptors (Lipinski definition) is 3. The first-order valence-corrected chi connectivity index (χ1v) is 6.63. The summed E-state index contributed by atoms with van der Waals surface area (Å²) in [6.45, 7) is 9.38. The van der Waals surface area contributed by atoms with Crippen LogP contribution in [0.5, 0.6) is 0 Å². The SMILES string of the molecule is Cc1ccc(-c2nc(C(=O)OC(C)(C)C)c(C)[nH]2)cc1. The molecule has 0 fully saturated rings. The number of ether oxygens (including phenoxy) is 1. The predicted molar refractivity (Wildman–Crippen MR) is 78.7 cm³/mol. The van der Waals surface area contributed by atoms with E-state index in [9.17, 15) is 4.79 Å². The molecule has 0 aliphatic carbocycles. The van der Waals surface area contributed by atoms with Crippen molar-refractivity contribution in [1.82, 2.24) is 9.97 Å². The number of nitrogens with one attached hydrogen (secondary N) is 1. The molecule has 0 aliphatic heterocycles. The Balaban J connectivity index is 2.30. The number of rotatable bonds is 2. The van der Waals surface area contributed by atoms with Crippen molar-refractivity contribution in [2.75, 3.05) is 0 Å². The van der Waals surface area contributed by atoms with Gasteiger partial charge in [0.15, 0.2) is 5.69 Å². The highest BCUT2D eigenvalue weighted by molar-refractivity contribution is 5.89. The van der Waals surface area contributed by atoms with E-state index in [0.29, 0.717) is 11.5 Å².